The highest BCUT2D eigenvalue weighted by atomic mass is 31.2. The summed E-state index contributed by atoms with van der Waals surface area (Å²) in [7, 11) is -9.80. The van der Waals surface area contributed by atoms with E-state index in [9.17, 15) is 43.5 Å². The van der Waals surface area contributed by atoms with Gasteiger partial charge in [0.1, 0.15) is 25.4 Å². The number of unbranched alkanes of at least 4 members (excludes halogenated alkanes) is 34. The van der Waals surface area contributed by atoms with Crippen LogP contribution in [0.15, 0.2) is 146 Å². The van der Waals surface area contributed by atoms with E-state index in [1.54, 1.807) is 0 Å². The van der Waals surface area contributed by atoms with E-state index < -0.39 is 91.5 Å². The summed E-state index contributed by atoms with van der Waals surface area (Å²) in [5.41, 5.74) is 0. The van der Waals surface area contributed by atoms with Crippen LogP contribution >= 0.6 is 15.6 Å². The van der Waals surface area contributed by atoms with Gasteiger partial charge in [-0.15, -0.1) is 0 Å². The van der Waals surface area contributed by atoms with Crippen LogP contribution in [-0.2, 0) is 55.8 Å². The largest absolute Gasteiger partial charge is 0.472 e. The summed E-state index contributed by atoms with van der Waals surface area (Å²) in [6.07, 6.45) is 103. The summed E-state index contributed by atoms with van der Waals surface area (Å²) in [5, 5.41) is 20.7. The van der Waals surface area contributed by atoms with Gasteiger partial charge < -0.3 is 34.2 Å². The first-order valence-corrected chi connectivity index (χ1v) is 46.1. The highest BCUT2D eigenvalue weighted by Crippen LogP contribution is 2.45. The molecule has 5 atom stereocenters. The topological polar surface area (TPSA) is 231 Å². The van der Waals surface area contributed by atoms with Crippen LogP contribution in [-0.4, -0.2) is 95.9 Å². The molecular formula is C91H156O16P2. The molecule has 0 fully saturated rings. The van der Waals surface area contributed by atoms with Gasteiger partial charge in [0.15, 0.2) is 6.10 Å². The van der Waals surface area contributed by atoms with Gasteiger partial charge in [-0.3, -0.25) is 32.5 Å². The van der Waals surface area contributed by atoms with Crippen molar-refractivity contribution >= 4 is 33.6 Å². The van der Waals surface area contributed by atoms with Gasteiger partial charge in [0.2, 0.25) is 0 Å². The van der Waals surface area contributed by atoms with Gasteiger partial charge in [-0.1, -0.05) is 340 Å². The Morgan fingerprint density at radius 1 is 0.266 bits per heavy atom. The summed E-state index contributed by atoms with van der Waals surface area (Å²) in [5.74, 6) is -1.58. The zero-order valence-electron chi connectivity index (χ0n) is 68.7. The summed E-state index contributed by atoms with van der Waals surface area (Å²) in [4.78, 5) is 58.8. The van der Waals surface area contributed by atoms with Crippen molar-refractivity contribution < 1.29 is 75.8 Å². The Morgan fingerprint density at radius 2 is 0.486 bits per heavy atom. The molecule has 626 valence electrons. The number of allylic oxidation sites excluding steroid dienone is 24. The molecule has 109 heavy (non-hydrogen) atoms. The molecule has 18 heteroatoms. The Bertz CT molecular complexity index is 2560. The minimum atomic E-state index is -4.94. The van der Waals surface area contributed by atoms with Crippen LogP contribution in [0.1, 0.15) is 355 Å². The minimum absolute atomic E-state index is 0.0935. The minimum Gasteiger partial charge on any atom is -0.463 e. The molecule has 0 bridgehead atoms. The fraction of sp³-hybridized carbons (Fsp3) is 0.703. The lowest BCUT2D eigenvalue weighted by Crippen LogP contribution is -2.30. The van der Waals surface area contributed by atoms with Crippen molar-refractivity contribution in [2.75, 3.05) is 39.6 Å². The third-order valence-electron chi connectivity index (χ3n) is 18.0. The maximum Gasteiger partial charge on any atom is 0.472 e. The van der Waals surface area contributed by atoms with Crippen molar-refractivity contribution in [1.82, 2.24) is 0 Å². The van der Waals surface area contributed by atoms with Gasteiger partial charge in [-0.2, -0.15) is 0 Å². The van der Waals surface area contributed by atoms with Crippen molar-refractivity contribution in [1.29, 1.82) is 0 Å². The summed E-state index contributed by atoms with van der Waals surface area (Å²) >= 11 is 0. The number of ether oxygens (including phenoxy) is 3. The maximum absolute atomic E-state index is 13.0. The van der Waals surface area contributed by atoms with Crippen molar-refractivity contribution in [3.8, 4) is 0 Å². The fourth-order valence-electron chi connectivity index (χ4n) is 11.5. The normalized spacial score (nSPS) is 14.6. The highest BCUT2D eigenvalue weighted by molar-refractivity contribution is 7.47. The van der Waals surface area contributed by atoms with E-state index in [0.717, 1.165) is 173 Å². The van der Waals surface area contributed by atoms with Gasteiger partial charge >= 0.3 is 33.6 Å². The summed E-state index contributed by atoms with van der Waals surface area (Å²) < 4.78 is 61.3. The second-order valence-electron chi connectivity index (χ2n) is 28.6. The Labute approximate surface area is 664 Å². The molecule has 0 aliphatic carbocycles. The number of esters is 3. The molecule has 0 aliphatic rings. The number of phosphoric acid groups is 2. The smallest absolute Gasteiger partial charge is 0.463 e. The lowest BCUT2D eigenvalue weighted by atomic mass is 10.0. The van der Waals surface area contributed by atoms with Crippen LogP contribution < -0.4 is 0 Å². The van der Waals surface area contributed by atoms with Gasteiger partial charge in [-0.25, -0.2) is 9.13 Å². The zero-order chi connectivity index (χ0) is 79.4. The first kappa shape index (κ1) is 104. The van der Waals surface area contributed by atoms with Crippen LogP contribution in [0.5, 0.6) is 0 Å². The Balaban J connectivity index is 4.53. The first-order valence-electron chi connectivity index (χ1n) is 43.1. The molecule has 0 aromatic carbocycles. The molecule has 16 nitrogen and oxygen atoms in total. The van der Waals surface area contributed by atoms with Crippen molar-refractivity contribution in [3.63, 3.8) is 0 Å². The quantitative estimate of drug-likeness (QED) is 0.0146. The maximum atomic E-state index is 13.0. The average molecular weight is 1570 g/mol. The molecule has 0 amide bonds. The SMILES string of the molecule is CC/C=C\C/C=C\C/C=C\C/C=C\C/C=C\C/C=C\CCCCCCCCCCCCC(=O)OCC(O)COP(=O)(O)OCC(O)COP(=O)(O)OCC(COC(=O)CCCCCCCCCCCCCCC/C=C\C/C=C\C/C=C\C/C=C\C/C=C\CC)OC(=O)CCCCCCC/C=C\CCCCCCCC. The van der Waals surface area contributed by atoms with Crippen LogP contribution in [0, 0.1) is 0 Å². The monoisotopic (exact) mass is 1570 g/mol. The third-order valence-corrected chi connectivity index (χ3v) is 19.9. The Morgan fingerprint density at radius 3 is 0.780 bits per heavy atom. The molecule has 0 aromatic heterocycles. The van der Waals surface area contributed by atoms with Gasteiger partial charge in [0, 0.05) is 19.3 Å². The van der Waals surface area contributed by atoms with E-state index in [1.165, 1.54) is 122 Å². The van der Waals surface area contributed by atoms with Gasteiger partial charge in [0.25, 0.3) is 0 Å². The average Bonchev–Trinajstić information content (AvgIpc) is 0.903. The number of aliphatic hydroxyl groups excluding tert-OH is 2. The summed E-state index contributed by atoms with van der Waals surface area (Å²) in [6, 6.07) is 0. The molecule has 5 unspecified atom stereocenters. The molecular weight excluding hydrogens is 1410 g/mol. The zero-order valence-corrected chi connectivity index (χ0v) is 70.5. The molecule has 0 rings (SSSR count). The number of aliphatic hydroxyl groups is 2. The van der Waals surface area contributed by atoms with E-state index in [2.05, 4.69) is 167 Å². The molecule has 4 N–H and O–H groups in total. The van der Waals surface area contributed by atoms with Crippen molar-refractivity contribution in [2.24, 2.45) is 0 Å². The molecule has 0 saturated heterocycles. The lowest BCUT2D eigenvalue weighted by molar-refractivity contribution is -0.161. The van der Waals surface area contributed by atoms with E-state index in [-0.39, 0.29) is 19.3 Å². The number of phosphoric ester groups is 2. The predicted octanol–water partition coefficient (Wildman–Crippen LogP) is 26.0. The van der Waals surface area contributed by atoms with Crippen LogP contribution in [0.3, 0.4) is 0 Å². The van der Waals surface area contributed by atoms with Crippen LogP contribution in [0.2, 0.25) is 0 Å². The summed E-state index contributed by atoms with van der Waals surface area (Å²) in [6.45, 7) is 2.47. The number of hydrogen-bond acceptors (Lipinski definition) is 14. The predicted molar refractivity (Wildman–Crippen MR) is 454 cm³/mol. The van der Waals surface area contributed by atoms with Crippen LogP contribution in [0.25, 0.3) is 0 Å². The molecule has 0 aliphatic heterocycles. The Hall–Kier alpha value is -4.57. The third kappa shape index (κ3) is 84.2. The molecule has 0 radical (unpaired) electrons. The van der Waals surface area contributed by atoms with Gasteiger partial charge in [-0.05, 0) is 141 Å². The second-order valence-corrected chi connectivity index (χ2v) is 31.5. The number of carbonyl (C=O) groups is 3. The highest BCUT2D eigenvalue weighted by Gasteiger charge is 2.29. The number of carbonyl (C=O) groups excluding carboxylic acids is 3. The van der Waals surface area contributed by atoms with Crippen molar-refractivity contribution in [3.05, 3.63) is 146 Å². The van der Waals surface area contributed by atoms with E-state index in [4.69, 9.17) is 32.3 Å². The van der Waals surface area contributed by atoms with E-state index in [1.807, 2.05) is 0 Å². The number of hydrogen-bond donors (Lipinski definition) is 4. The molecule has 0 saturated carbocycles. The molecule has 0 aromatic rings. The molecule has 0 heterocycles. The van der Waals surface area contributed by atoms with E-state index >= 15 is 0 Å². The lowest BCUT2D eigenvalue weighted by Gasteiger charge is -2.21. The first-order chi connectivity index (χ1) is 53.2. The van der Waals surface area contributed by atoms with Crippen molar-refractivity contribution in [2.45, 2.75) is 373 Å². The number of rotatable bonds is 81. The van der Waals surface area contributed by atoms with E-state index in [0.29, 0.717) is 19.3 Å². The second kappa shape index (κ2) is 82.9. The fourth-order valence-corrected chi connectivity index (χ4v) is 13.1. The molecule has 0 spiro atoms. The van der Waals surface area contributed by atoms with Crippen LogP contribution in [0.4, 0.5) is 0 Å². The van der Waals surface area contributed by atoms with Gasteiger partial charge in [0.05, 0.1) is 26.4 Å². The standard InChI is InChI=1S/C91H156O16P2/c1-4-7-10-13-16-19-22-25-28-30-32-34-36-38-40-42-44-46-48-50-52-54-57-59-62-65-68-71-74-77-89(94)101-80-86(92)81-103-108(97,98)104-82-87(93)83-105-109(99,100)106-85-88(107-91(96)79-76-73-70-67-64-61-56-27-24-21-18-15-12-9-6-3)84-102-90(95)78-75-72-69-66-63-60-58-55-53-51-49-47-45-43-41-39-37-35-33-31-29-26-23-20-17-14-11-8-5-2/h7-8,10-11,16-17,19-20,25-29,32-35,38-41,44,46,56,86-88,92-93H,4-6,9,12-15,18,21-24,30-31,36-37,42-43,45,47-55,57-85H2,1-3H3,(H,97,98)(H,99,100)/b10-7-,11-8-,19-16-,20-17-,28-25-,29-26-,34-32-,35-33-,40-38-,41-39-,46-44-,56-27-. The Kier molecular flexibility index (Phi) is 79.4.